The summed E-state index contributed by atoms with van der Waals surface area (Å²) in [7, 11) is 0. The molecule has 0 spiro atoms. The Morgan fingerprint density at radius 1 is 1.28 bits per heavy atom. The average molecular weight is 249 g/mol. The van der Waals surface area contributed by atoms with Crippen LogP contribution in [0.5, 0.6) is 0 Å². The fourth-order valence-electron chi connectivity index (χ4n) is 2.42. The Morgan fingerprint density at radius 3 is 2.33 bits per heavy atom. The number of hydrogen-bond donors (Lipinski definition) is 1. The second-order valence-corrected chi connectivity index (χ2v) is 4.95. The Morgan fingerprint density at radius 2 is 1.83 bits per heavy atom. The van der Waals surface area contributed by atoms with Crippen molar-refractivity contribution in [1.29, 1.82) is 0 Å². The lowest BCUT2D eigenvalue weighted by atomic mass is 10.1. The number of rotatable bonds is 3. The van der Waals surface area contributed by atoms with Gasteiger partial charge in [-0.1, -0.05) is 12.1 Å². The molecule has 4 nitrogen and oxygen atoms in total. The molecule has 0 radical (unpaired) electrons. The predicted molar refractivity (Wildman–Crippen MR) is 68.7 cm³/mol. The van der Waals surface area contributed by atoms with E-state index in [1.165, 1.54) is 0 Å². The van der Waals surface area contributed by atoms with Gasteiger partial charge in [0.2, 0.25) is 0 Å². The van der Waals surface area contributed by atoms with Crippen LogP contribution in [0.15, 0.2) is 24.3 Å². The summed E-state index contributed by atoms with van der Waals surface area (Å²) in [4.78, 5) is 13.1. The van der Waals surface area contributed by atoms with Crippen molar-refractivity contribution in [3.63, 3.8) is 0 Å². The summed E-state index contributed by atoms with van der Waals surface area (Å²) in [5, 5.41) is 8.84. The third-order valence-corrected chi connectivity index (χ3v) is 3.10. The Labute approximate surface area is 107 Å². The molecule has 0 bridgehead atoms. The number of morpholine rings is 1. The molecule has 1 aliphatic rings. The third kappa shape index (κ3) is 3.31. The summed E-state index contributed by atoms with van der Waals surface area (Å²) in [6, 6.07) is 7.08. The summed E-state index contributed by atoms with van der Waals surface area (Å²) in [5.41, 5.74) is 1.48. The van der Waals surface area contributed by atoms with Crippen molar-refractivity contribution in [2.45, 2.75) is 32.6 Å². The van der Waals surface area contributed by atoms with Gasteiger partial charge in [0.25, 0.3) is 0 Å². The normalized spacial score (nSPS) is 25.0. The summed E-state index contributed by atoms with van der Waals surface area (Å²) in [6.07, 6.45) is 0.513. The number of carboxylic acids is 1. The summed E-state index contributed by atoms with van der Waals surface area (Å²) in [6.45, 7) is 6.85. The average Bonchev–Trinajstić information content (AvgIpc) is 2.28. The molecule has 0 unspecified atom stereocenters. The zero-order valence-corrected chi connectivity index (χ0v) is 10.8. The number of carboxylic acid groups (broad SMARTS) is 1. The van der Waals surface area contributed by atoms with Crippen molar-refractivity contribution in [3.8, 4) is 0 Å². The molecule has 1 aromatic rings. The summed E-state index contributed by atoms with van der Waals surface area (Å²) >= 11 is 0. The Kier molecular flexibility index (Phi) is 3.99. The van der Waals surface area contributed by atoms with E-state index in [1.54, 1.807) is 12.1 Å². The first-order chi connectivity index (χ1) is 8.54. The van der Waals surface area contributed by atoms with Gasteiger partial charge >= 0.3 is 5.97 Å². The minimum Gasteiger partial charge on any atom is -0.478 e. The number of ether oxygens (including phenoxy) is 1. The van der Waals surface area contributed by atoms with Gasteiger partial charge in [-0.05, 0) is 31.5 Å². The van der Waals surface area contributed by atoms with Crippen LogP contribution in [0.1, 0.15) is 29.8 Å². The van der Waals surface area contributed by atoms with Crippen LogP contribution in [-0.4, -0.2) is 41.3 Å². The maximum Gasteiger partial charge on any atom is 0.335 e. The molecule has 1 aromatic carbocycles. The first-order valence-corrected chi connectivity index (χ1v) is 6.24. The van der Waals surface area contributed by atoms with Crippen LogP contribution in [0, 0.1) is 0 Å². The molecule has 1 saturated heterocycles. The quantitative estimate of drug-likeness (QED) is 0.890. The standard InChI is InChI=1S/C14H19NO3/c1-10-7-15(8-11(2)18-10)9-12-3-5-13(6-4-12)14(16)17/h3-6,10-11H,7-9H2,1-2H3,(H,16,17)/t10-,11-/m1/s1. The molecule has 2 atom stereocenters. The molecule has 2 rings (SSSR count). The molecule has 1 fully saturated rings. The van der Waals surface area contributed by atoms with Crippen LogP contribution >= 0.6 is 0 Å². The molecular formula is C14H19NO3. The predicted octanol–water partition coefficient (Wildman–Crippen LogP) is 1.99. The van der Waals surface area contributed by atoms with Gasteiger partial charge < -0.3 is 9.84 Å². The maximum atomic E-state index is 10.8. The monoisotopic (exact) mass is 249 g/mol. The van der Waals surface area contributed by atoms with Gasteiger partial charge in [-0.3, -0.25) is 4.90 Å². The molecular weight excluding hydrogens is 230 g/mol. The number of aromatic carboxylic acids is 1. The van der Waals surface area contributed by atoms with Crippen molar-refractivity contribution >= 4 is 5.97 Å². The van der Waals surface area contributed by atoms with E-state index in [1.807, 2.05) is 12.1 Å². The fourth-order valence-corrected chi connectivity index (χ4v) is 2.42. The molecule has 4 heteroatoms. The van der Waals surface area contributed by atoms with Crippen LogP contribution in [0.2, 0.25) is 0 Å². The highest BCUT2D eigenvalue weighted by Gasteiger charge is 2.21. The van der Waals surface area contributed by atoms with Crippen molar-refractivity contribution < 1.29 is 14.6 Å². The highest BCUT2D eigenvalue weighted by molar-refractivity contribution is 5.87. The van der Waals surface area contributed by atoms with E-state index in [4.69, 9.17) is 9.84 Å². The molecule has 1 aliphatic heterocycles. The van der Waals surface area contributed by atoms with Crippen molar-refractivity contribution in [3.05, 3.63) is 35.4 Å². The topological polar surface area (TPSA) is 49.8 Å². The second-order valence-electron chi connectivity index (χ2n) is 4.95. The van der Waals surface area contributed by atoms with Crippen LogP contribution in [0.4, 0.5) is 0 Å². The molecule has 1 N–H and O–H groups in total. The van der Waals surface area contributed by atoms with E-state index in [-0.39, 0.29) is 12.2 Å². The van der Waals surface area contributed by atoms with Gasteiger partial charge in [0.05, 0.1) is 17.8 Å². The van der Waals surface area contributed by atoms with Gasteiger partial charge in [-0.15, -0.1) is 0 Å². The lowest BCUT2D eigenvalue weighted by Crippen LogP contribution is -2.44. The molecule has 0 aromatic heterocycles. The SMILES string of the molecule is C[C@@H]1CN(Cc2ccc(C(=O)O)cc2)C[C@@H](C)O1. The van der Waals surface area contributed by atoms with E-state index >= 15 is 0 Å². The Hall–Kier alpha value is -1.39. The molecule has 1 heterocycles. The van der Waals surface area contributed by atoms with Crippen LogP contribution in [0.25, 0.3) is 0 Å². The summed E-state index contributed by atoms with van der Waals surface area (Å²) < 4.78 is 5.69. The molecule has 18 heavy (non-hydrogen) atoms. The third-order valence-electron chi connectivity index (χ3n) is 3.10. The zero-order valence-electron chi connectivity index (χ0n) is 10.8. The van der Waals surface area contributed by atoms with Gasteiger partial charge in [-0.2, -0.15) is 0 Å². The highest BCUT2D eigenvalue weighted by atomic mass is 16.5. The van der Waals surface area contributed by atoms with E-state index in [0.717, 1.165) is 25.2 Å². The van der Waals surface area contributed by atoms with Crippen LogP contribution in [0.3, 0.4) is 0 Å². The molecule has 98 valence electrons. The van der Waals surface area contributed by atoms with Crippen LogP contribution in [-0.2, 0) is 11.3 Å². The Balaban J connectivity index is 1.98. The second kappa shape index (κ2) is 5.50. The highest BCUT2D eigenvalue weighted by Crippen LogP contribution is 2.14. The van der Waals surface area contributed by atoms with E-state index in [0.29, 0.717) is 5.56 Å². The lowest BCUT2D eigenvalue weighted by Gasteiger charge is -2.35. The minimum absolute atomic E-state index is 0.257. The number of carbonyl (C=O) groups is 1. The van der Waals surface area contributed by atoms with Gasteiger partial charge in [0.15, 0.2) is 0 Å². The Bertz CT molecular complexity index is 406. The molecule has 0 amide bonds. The first-order valence-electron chi connectivity index (χ1n) is 6.24. The number of nitrogens with zero attached hydrogens (tertiary/aromatic N) is 1. The zero-order chi connectivity index (χ0) is 13.1. The smallest absolute Gasteiger partial charge is 0.335 e. The minimum atomic E-state index is -0.879. The fraction of sp³-hybridized carbons (Fsp3) is 0.500. The van der Waals surface area contributed by atoms with Crippen LogP contribution < -0.4 is 0 Å². The largest absolute Gasteiger partial charge is 0.478 e. The van der Waals surface area contributed by atoms with E-state index in [2.05, 4.69) is 18.7 Å². The van der Waals surface area contributed by atoms with E-state index in [9.17, 15) is 4.79 Å². The lowest BCUT2D eigenvalue weighted by molar-refractivity contribution is -0.0704. The van der Waals surface area contributed by atoms with E-state index < -0.39 is 5.97 Å². The number of hydrogen-bond acceptors (Lipinski definition) is 3. The maximum absolute atomic E-state index is 10.8. The summed E-state index contributed by atoms with van der Waals surface area (Å²) in [5.74, 6) is -0.879. The van der Waals surface area contributed by atoms with Crippen molar-refractivity contribution in [2.75, 3.05) is 13.1 Å². The van der Waals surface area contributed by atoms with Crippen molar-refractivity contribution in [2.24, 2.45) is 0 Å². The molecule has 0 aliphatic carbocycles. The van der Waals surface area contributed by atoms with Gasteiger partial charge in [-0.25, -0.2) is 4.79 Å². The number of benzene rings is 1. The van der Waals surface area contributed by atoms with Gasteiger partial charge in [0.1, 0.15) is 0 Å². The molecule has 0 saturated carbocycles. The van der Waals surface area contributed by atoms with Crippen molar-refractivity contribution in [1.82, 2.24) is 4.90 Å². The first kappa shape index (κ1) is 13.1. The van der Waals surface area contributed by atoms with Gasteiger partial charge in [0, 0.05) is 19.6 Å².